The number of benzene rings is 1. The minimum absolute atomic E-state index is 0.432. The van der Waals surface area contributed by atoms with Gasteiger partial charge in [0.05, 0.1) is 0 Å². The van der Waals surface area contributed by atoms with Crippen molar-refractivity contribution >= 4 is 8.07 Å². The maximum atomic E-state index is 2.59. The molecule has 0 N–H and O–H groups in total. The van der Waals surface area contributed by atoms with Crippen molar-refractivity contribution in [2.75, 3.05) is 0 Å². The third-order valence-corrected chi connectivity index (χ3v) is 11.6. The third kappa shape index (κ3) is 3.11. The maximum absolute atomic E-state index is 2.59. The van der Waals surface area contributed by atoms with Gasteiger partial charge in [0.25, 0.3) is 0 Å². The van der Waals surface area contributed by atoms with Gasteiger partial charge < -0.3 is 0 Å². The molecule has 0 aromatic heterocycles. The Morgan fingerprint density at radius 3 is 2.24 bits per heavy atom. The molecule has 0 spiro atoms. The van der Waals surface area contributed by atoms with Gasteiger partial charge in [-0.05, 0) is 37.8 Å². The molecule has 0 amide bonds. The maximum Gasteiger partial charge on any atom is 0.112 e. The summed E-state index contributed by atoms with van der Waals surface area (Å²) < 4.78 is 0. The zero-order valence-corrected chi connectivity index (χ0v) is 20.0. The van der Waals surface area contributed by atoms with Crippen molar-refractivity contribution in [2.45, 2.75) is 53.6 Å². The SMILES string of the molecule is CC1=C(C)C(C)C(C)=C1[Si](C)(C)C1=C2C=CC=CC2C(C(C)c2ccccc2)=C1. The van der Waals surface area contributed by atoms with Crippen molar-refractivity contribution in [3.05, 3.63) is 105 Å². The van der Waals surface area contributed by atoms with Gasteiger partial charge in [0.1, 0.15) is 8.07 Å². The molecule has 1 aromatic rings. The quantitative estimate of drug-likeness (QED) is 0.453. The first kappa shape index (κ1) is 20.2. The lowest BCUT2D eigenvalue weighted by atomic mass is 9.82. The Balaban J connectivity index is 1.83. The van der Waals surface area contributed by atoms with Crippen molar-refractivity contribution in [3.63, 3.8) is 0 Å². The molecule has 0 nitrogen and oxygen atoms in total. The van der Waals surface area contributed by atoms with Crippen LogP contribution in [0.4, 0.5) is 0 Å². The fraction of sp³-hybridized carbons (Fsp3) is 0.357. The molecule has 3 aliphatic carbocycles. The van der Waals surface area contributed by atoms with Crippen LogP contribution in [-0.2, 0) is 0 Å². The topological polar surface area (TPSA) is 0 Å². The van der Waals surface area contributed by atoms with E-state index < -0.39 is 8.07 Å². The average molecular weight is 399 g/mol. The predicted octanol–water partition coefficient (Wildman–Crippen LogP) is 7.86. The summed E-state index contributed by atoms with van der Waals surface area (Å²) in [6.07, 6.45) is 11.8. The fourth-order valence-electron chi connectivity index (χ4n) is 5.75. The monoisotopic (exact) mass is 398 g/mol. The van der Waals surface area contributed by atoms with Gasteiger partial charge in [-0.1, -0.05) is 120 Å². The highest BCUT2D eigenvalue weighted by molar-refractivity contribution is 6.92. The second kappa shape index (κ2) is 7.29. The summed E-state index contributed by atoms with van der Waals surface area (Å²) in [7, 11) is -1.80. The molecule has 29 heavy (non-hydrogen) atoms. The first-order chi connectivity index (χ1) is 13.7. The molecular formula is C28H34Si. The molecule has 1 aromatic carbocycles. The molecule has 0 heterocycles. The number of fused-ring (bicyclic) bond motifs is 1. The number of rotatable bonds is 4. The van der Waals surface area contributed by atoms with Crippen molar-refractivity contribution in [3.8, 4) is 0 Å². The third-order valence-electron chi connectivity index (χ3n) is 7.76. The standard InChI is InChI=1S/C28H34Si/c1-18-19(2)21(4)28(20(18)3)29(6,7)27-17-26(24-15-11-12-16-25(24)27)22(5)23-13-9-8-10-14-23/h8-18,22,24H,1-7H3. The normalized spacial score (nSPS) is 25.1. The van der Waals surface area contributed by atoms with E-state index >= 15 is 0 Å². The van der Waals surface area contributed by atoms with Crippen molar-refractivity contribution < 1.29 is 0 Å². The van der Waals surface area contributed by atoms with Crippen LogP contribution in [0.2, 0.25) is 13.1 Å². The molecule has 3 aliphatic rings. The van der Waals surface area contributed by atoms with Crippen LogP contribution >= 0.6 is 0 Å². The molecule has 0 bridgehead atoms. The van der Waals surface area contributed by atoms with Gasteiger partial charge in [-0.3, -0.25) is 0 Å². The van der Waals surface area contributed by atoms with E-state index in [1.165, 1.54) is 5.56 Å². The molecular weight excluding hydrogens is 364 g/mol. The molecule has 150 valence electrons. The molecule has 1 heteroatoms. The van der Waals surface area contributed by atoms with E-state index in [1.54, 1.807) is 38.3 Å². The lowest BCUT2D eigenvalue weighted by molar-refractivity contribution is 0.780. The lowest BCUT2D eigenvalue weighted by Gasteiger charge is -2.30. The molecule has 0 saturated carbocycles. The van der Waals surface area contributed by atoms with Crippen molar-refractivity contribution in [1.82, 2.24) is 0 Å². The van der Waals surface area contributed by atoms with Gasteiger partial charge in [0, 0.05) is 11.8 Å². The lowest BCUT2D eigenvalue weighted by Crippen LogP contribution is -2.33. The summed E-state index contributed by atoms with van der Waals surface area (Å²) in [4.78, 5) is 0. The summed E-state index contributed by atoms with van der Waals surface area (Å²) in [6, 6.07) is 11.0. The van der Waals surface area contributed by atoms with Gasteiger partial charge in [-0.25, -0.2) is 0 Å². The smallest absolute Gasteiger partial charge is 0.0730 e. The van der Waals surface area contributed by atoms with Gasteiger partial charge >= 0.3 is 0 Å². The van der Waals surface area contributed by atoms with Crippen LogP contribution in [0.3, 0.4) is 0 Å². The summed E-state index contributed by atoms with van der Waals surface area (Å²) in [6.45, 7) is 17.0. The molecule has 0 fully saturated rings. The predicted molar refractivity (Wildman–Crippen MR) is 129 cm³/mol. The van der Waals surface area contributed by atoms with Crippen LogP contribution in [0.25, 0.3) is 0 Å². The second-order valence-corrected chi connectivity index (χ2v) is 13.9. The number of hydrogen-bond acceptors (Lipinski definition) is 0. The van der Waals surface area contributed by atoms with E-state index in [0.717, 1.165) is 0 Å². The zero-order chi connectivity index (χ0) is 20.9. The van der Waals surface area contributed by atoms with E-state index in [-0.39, 0.29) is 0 Å². The van der Waals surface area contributed by atoms with Gasteiger partial charge in [0.15, 0.2) is 0 Å². The van der Waals surface area contributed by atoms with Gasteiger partial charge in [-0.15, -0.1) is 0 Å². The second-order valence-electron chi connectivity index (χ2n) is 9.58. The Morgan fingerprint density at radius 1 is 0.931 bits per heavy atom. The average Bonchev–Trinajstić information content (AvgIpc) is 3.21. The minimum Gasteiger partial charge on any atom is -0.0730 e. The summed E-state index contributed by atoms with van der Waals surface area (Å²) in [5, 5.41) is 3.33. The molecule has 0 aliphatic heterocycles. The number of hydrogen-bond donors (Lipinski definition) is 0. The fourth-order valence-corrected chi connectivity index (χ4v) is 9.85. The first-order valence-electron chi connectivity index (χ1n) is 11.0. The Kier molecular flexibility index (Phi) is 5.07. The molecule has 0 radical (unpaired) electrons. The highest BCUT2D eigenvalue weighted by atomic mass is 28.3. The van der Waals surface area contributed by atoms with Gasteiger partial charge in [0.2, 0.25) is 0 Å². The largest absolute Gasteiger partial charge is 0.112 e. The highest BCUT2D eigenvalue weighted by Crippen LogP contribution is 2.50. The first-order valence-corrected chi connectivity index (χ1v) is 14.0. The Morgan fingerprint density at radius 2 is 1.62 bits per heavy atom. The molecule has 3 atom stereocenters. The summed E-state index contributed by atoms with van der Waals surface area (Å²) >= 11 is 0. The highest BCUT2D eigenvalue weighted by Gasteiger charge is 2.42. The van der Waals surface area contributed by atoms with Crippen LogP contribution in [0.5, 0.6) is 0 Å². The van der Waals surface area contributed by atoms with E-state index in [0.29, 0.717) is 17.8 Å². The molecule has 4 rings (SSSR count). The zero-order valence-electron chi connectivity index (χ0n) is 19.0. The van der Waals surface area contributed by atoms with E-state index in [2.05, 4.69) is 108 Å². The van der Waals surface area contributed by atoms with Crippen molar-refractivity contribution in [2.24, 2.45) is 11.8 Å². The van der Waals surface area contributed by atoms with Crippen LogP contribution in [0.15, 0.2) is 99.0 Å². The Bertz CT molecular complexity index is 1020. The van der Waals surface area contributed by atoms with E-state index in [4.69, 9.17) is 0 Å². The summed E-state index contributed by atoms with van der Waals surface area (Å²) in [5.74, 6) is 1.46. The van der Waals surface area contributed by atoms with E-state index in [1.807, 2.05) is 0 Å². The molecule has 0 saturated heterocycles. The van der Waals surface area contributed by atoms with Crippen LogP contribution in [-0.4, -0.2) is 8.07 Å². The van der Waals surface area contributed by atoms with Crippen LogP contribution < -0.4 is 0 Å². The number of allylic oxidation sites excluding steroid dienone is 12. The Labute approximate surface area is 178 Å². The Hall–Kier alpha value is -2.12. The molecule has 3 unspecified atom stereocenters. The van der Waals surface area contributed by atoms with Crippen LogP contribution in [0.1, 0.15) is 46.1 Å². The van der Waals surface area contributed by atoms with E-state index in [9.17, 15) is 0 Å². The van der Waals surface area contributed by atoms with Crippen LogP contribution in [0, 0.1) is 11.8 Å². The van der Waals surface area contributed by atoms with Gasteiger partial charge in [-0.2, -0.15) is 0 Å². The van der Waals surface area contributed by atoms with Crippen molar-refractivity contribution in [1.29, 1.82) is 0 Å². The summed E-state index contributed by atoms with van der Waals surface area (Å²) in [5.41, 5.74) is 9.26. The minimum atomic E-state index is -1.80.